The van der Waals surface area contributed by atoms with Crippen LogP contribution in [-0.4, -0.2) is 62.5 Å². The van der Waals surface area contributed by atoms with E-state index in [9.17, 15) is 14.4 Å². The maximum Gasteiger partial charge on any atom is 0.253 e. The van der Waals surface area contributed by atoms with E-state index in [0.717, 1.165) is 25.1 Å². The van der Waals surface area contributed by atoms with Crippen LogP contribution in [0.1, 0.15) is 33.6 Å². The van der Waals surface area contributed by atoms with Crippen molar-refractivity contribution in [2.24, 2.45) is 0 Å². The van der Waals surface area contributed by atoms with Crippen LogP contribution in [0.3, 0.4) is 0 Å². The summed E-state index contributed by atoms with van der Waals surface area (Å²) >= 11 is 0. The zero-order valence-corrected chi connectivity index (χ0v) is 17.8. The molecule has 8 nitrogen and oxygen atoms in total. The Morgan fingerprint density at radius 1 is 1.03 bits per heavy atom. The Morgan fingerprint density at radius 2 is 1.81 bits per heavy atom. The molecule has 1 saturated heterocycles. The molecule has 1 unspecified atom stereocenters. The van der Waals surface area contributed by atoms with Crippen LogP contribution >= 0.6 is 0 Å². The number of anilines is 2. The normalized spacial score (nSPS) is 15.2. The van der Waals surface area contributed by atoms with E-state index < -0.39 is 0 Å². The average molecular weight is 425 g/mol. The maximum atomic E-state index is 12.2. The van der Waals surface area contributed by atoms with E-state index in [1.807, 2.05) is 0 Å². The molecular formula is C23H28N4O4. The first-order valence-corrected chi connectivity index (χ1v) is 10.3. The molecule has 3 N–H and O–H groups in total. The molecule has 0 spiro atoms. The van der Waals surface area contributed by atoms with Crippen molar-refractivity contribution in [2.75, 3.05) is 44.4 Å². The van der Waals surface area contributed by atoms with E-state index in [2.05, 4.69) is 16.0 Å². The summed E-state index contributed by atoms with van der Waals surface area (Å²) < 4.78 is 5.50. The molecule has 3 amide bonds. The number of carbonyl (C=O) groups excluding carboxylic acids is 3. The van der Waals surface area contributed by atoms with E-state index in [1.54, 1.807) is 62.6 Å². The topological polar surface area (TPSA) is 99.8 Å². The summed E-state index contributed by atoms with van der Waals surface area (Å²) in [6, 6.07) is 13.7. The minimum absolute atomic E-state index is 0.0520. The molecule has 0 saturated carbocycles. The summed E-state index contributed by atoms with van der Waals surface area (Å²) in [5.41, 5.74) is 2.33. The van der Waals surface area contributed by atoms with Gasteiger partial charge in [-0.25, -0.2) is 0 Å². The molecule has 1 aliphatic heterocycles. The van der Waals surface area contributed by atoms with Crippen molar-refractivity contribution in [1.29, 1.82) is 0 Å². The Bertz CT molecular complexity index is 921. The van der Waals surface area contributed by atoms with Gasteiger partial charge in [-0.1, -0.05) is 6.07 Å². The third-order valence-corrected chi connectivity index (χ3v) is 4.91. The Kier molecular flexibility index (Phi) is 7.61. The Morgan fingerprint density at radius 3 is 2.48 bits per heavy atom. The number of rotatable bonds is 8. The predicted octanol–water partition coefficient (Wildman–Crippen LogP) is 2.35. The number of nitrogens with one attached hydrogen (secondary N) is 3. The van der Waals surface area contributed by atoms with Gasteiger partial charge >= 0.3 is 0 Å². The van der Waals surface area contributed by atoms with Gasteiger partial charge in [0.1, 0.15) is 0 Å². The fraction of sp³-hybridized carbons (Fsp3) is 0.348. The molecule has 1 atom stereocenters. The molecule has 3 rings (SSSR count). The van der Waals surface area contributed by atoms with E-state index in [0.29, 0.717) is 23.4 Å². The number of carbonyl (C=O) groups is 3. The second kappa shape index (κ2) is 10.6. The fourth-order valence-electron chi connectivity index (χ4n) is 3.23. The molecule has 1 heterocycles. The van der Waals surface area contributed by atoms with Crippen LogP contribution in [0.5, 0.6) is 0 Å². The molecule has 164 valence electrons. The van der Waals surface area contributed by atoms with Crippen molar-refractivity contribution in [3.8, 4) is 0 Å². The Labute approximate surface area is 182 Å². The highest BCUT2D eigenvalue weighted by molar-refractivity contribution is 5.98. The largest absolute Gasteiger partial charge is 0.376 e. The van der Waals surface area contributed by atoms with Gasteiger partial charge in [-0.05, 0) is 55.3 Å². The van der Waals surface area contributed by atoms with Crippen molar-refractivity contribution in [2.45, 2.75) is 18.9 Å². The molecule has 0 bridgehead atoms. The summed E-state index contributed by atoms with van der Waals surface area (Å²) in [5, 5.41) is 8.68. The first-order valence-electron chi connectivity index (χ1n) is 10.3. The number of hydrogen-bond donors (Lipinski definition) is 3. The van der Waals surface area contributed by atoms with Gasteiger partial charge in [0.25, 0.3) is 11.8 Å². The number of hydrogen-bond acceptors (Lipinski definition) is 5. The second-order valence-corrected chi connectivity index (χ2v) is 7.60. The third-order valence-electron chi connectivity index (χ3n) is 4.91. The van der Waals surface area contributed by atoms with Crippen molar-refractivity contribution in [3.05, 3.63) is 59.7 Å². The molecule has 8 heteroatoms. The highest BCUT2D eigenvalue weighted by Crippen LogP contribution is 2.14. The van der Waals surface area contributed by atoms with E-state index in [1.165, 1.54) is 4.90 Å². The number of ether oxygens (including phenoxy) is 1. The van der Waals surface area contributed by atoms with Gasteiger partial charge in [-0.3, -0.25) is 14.4 Å². The Balaban J connectivity index is 1.46. The quantitative estimate of drug-likeness (QED) is 0.604. The van der Waals surface area contributed by atoms with Crippen molar-refractivity contribution >= 4 is 29.1 Å². The van der Waals surface area contributed by atoms with Crippen molar-refractivity contribution < 1.29 is 19.1 Å². The van der Waals surface area contributed by atoms with Crippen molar-refractivity contribution in [3.63, 3.8) is 0 Å². The lowest BCUT2D eigenvalue weighted by Gasteiger charge is -2.12. The molecule has 0 aliphatic carbocycles. The van der Waals surface area contributed by atoms with Gasteiger partial charge in [0, 0.05) is 49.7 Å². The van der Waals surface area contributed by atoms with Crippen LogP contribution in [0, 0.1) is 0 Å². The van der Waals surface area contributed by atoms with Crippen molar-refractivity contribution in [1.82, 2.24) is 10.2 Å². The van der Waals surface area contributed by atoms with Crippen LogP contribution in [-0.2, 0) is 9.53 Å². The third kappa shape index (κ3) is 6.55. The molecule has 1 fully saturated rings. The SMILES string of the molecule is CN(C)C(=O)c1cccc(NC(=O)CNc2ccc(C(=O)NCC3CCCO3)cc2)c1. The molecule has 2 aromatic rings. The molecule has 31 heavy (non-hydrogen) atoms. The standard InChI is InChI=1S/C23H28N4O4/c1-27(2)23(30)17-5-3-6-19(13-17)26-21(28)15-24-18-10-8-16(9-11-18)22(29)25-14-20-7-4-12-31-20/h3,5-6,8-11,13,20,24H,4,7,12,14-15H2,1-2H3,(H,25,29)(H,26,28). The molecular weight excluding hydrogens is 396 g/mol. The monoisotopic (exact) mass is 424 g/mol. The lowest BCUT2D eigenvalue weighted by atomic mass is 10.1. The lowest BCUT2D eigenvalue weighted by Crippen LogP contribution is -2.31. The lowest BCUT2D eigenvalue weighted by molar-refractivity contribution is -0.114. The molecule has 1 aliphatic rings. The Hall–Kier alpha value is -3.39. The zero-order valence-electron chi connectivity index (χ0n) is 17.8. The second-order valence-electron chi connectivity index (χ2n) is 7.60. The summed E-state index contributed by atoms with van der Waals surface area (Å²) in [7, 11) is 3.35. The highest BCUT2D eigenvalue weighted by Gasteiger charge is 2.16. The van der Waals surface area contributed by atoms with Gasteiger partial charge in [0.2, 0.25) is 5.91 Å². The van der Waals surface area contributed by atoms with Crippen LogP contribution in [0.15, 0.2) is 48.5 Å². The smallest absolute Gasteiger partial charge is 0.253 e. The van der Waals surface area contributed by atoms with Crippen LogP contribution in [0.2, 0.25) is 0 Å². The number of benzene rings is 2. The maximum absolute atomic E-state index is 12.2. The first kappa shape index (κ1) is 22.3. The van der Waals surface area contributed by atoms with Gasteiger partial charge in [-0.15, -0.1) is 0 Å². The highest BCUT2D eigenvalue weighted by atomic mass is 16.5. The van der Waals surface area contributed by atoms with E-state index in [-0.39, 0.29) is 30.4 Å². The number of nitrogens with zero attached hydrogens (tertiary/aromatic N) is 1. The summed E-state index contributed by atoms with van der Waals surface area (Å²) in [4.78, 5) is 38.0. The molecule has 2 aromatic carbocycles. The zero-order chi connectivity index (χ0) is 22.2. The van der Waals surface area contributed by atoms with Gasteiger partial charge in [0.15, 0.2) is 0 Å². The summed E-state index contributed by atoms with van der Waals surface area (Å²) in [6.07, 6.45) is 2.11. The van der Waals surface area contributed by atoms with Gasteiger partial charge in [-0.2, -0.15) is 0 Å². The van der Waals surface area contributed by atoms with Crippen LogP contribution in [0.25, 0.3) is 0 Å². The van der Waals surface area contributed by atoms with Crippen LogP contribution in [0.4, 0.5) is 11.4 Å². The molecule has 0 radical (unpaired) electrons. The minimum Gasteiger partial charge on any atom is -0.376 e. The predicted molar refractivity (Wildman–Crippen MR) is 119 cm³/mol. The summed E-state index contributed by atoms with van der Waals surface area (Å²) in [6.45, 7) is 1.32. The van der Waals surface area contributed by atoms with E-state index >= 15 is 0 Å². The number of amides is 3. The first-order chi connectivity index (χ1) is 14.9. The van der Waals surface area contributed by atoms with Gasteiger partial charge in [0.05, 0.1) is 12.6 Å². The summed E-state index contributed by atoms with van der Waals surface area (Å²) in [5.74, 6) is -0.520. The average Bonchev–Trinajstić information content (AvgIpc) is 3.29. The van der Waals surface area contributed by atoms with E-state index in [4.69, 9.17) is 4.74 Å². The van der Waals surface area contributed by atoms with Crippen LogP contribution < -0.4 is 16.0 Å². The fourth-order valence-corrected chi connectivity index (χ4v) is 3.23. The molecule has 0 aromatic heterocycles. The van der Waals surface area contributed by atoms with Gasteiger partial charge < -0.3 is 25.6 Å². The minimum atomic E-state index is -0.243.